The van der Waals surface area contributed by atoms with Gasteiger partial charge >= 0.3 is 5.97 Å². The van der Waals surface area contributed by atoms with Gasteiger partial charge in [0.25, 0.3) is 0 Å². The van der Waals surface area contributed by atoms with E-state index in [1.54, 1.807) is 11.3 Å². The number of carbonyl (C=O) groups is 1. The highest BCUT2D eigenvalue weighted by molar-refractivity contribution is 7.07. The smallest absolute Gasteiger partial charge is 0.324 e. The minimum absolute atomic E-state index is 0.596. The van der Waals surface area contributed by atoms with E-state index < -0.39 is 11.5 Å². The van der Waals surface area contributed by atoms with Gasteiger partial charge in [-0.2, -0.15) is 11.3 Å². The third kappa shape index (κ3) is 2.75. The van der Waals surface area contributed by atoms with Gasteiger partial charge in [0.15, 0.2) is 0 Å². The lowest BCUT2D eigenvalue weighted by atomic mass is 9.88. The number of likely N-dealkylation sites (tertiary alicyclic amines) is 1. The first-order valence-electron chi connectivity index (χ1n) is 6.52. The first kappa shape index (κ1) is 13.6. The summed E-state index contributed by atoms with van der Waals surface area (Å²) < 4.78 is 0. The van der Waals surface area contributed by atoms with Crippen molar-refractivity contribution < 1.29 is 9.90 Å². The summed E-state index contributed by atoms with van der Waals surface area (Å²) in [6, 6.07) is 2.03. The van der Waals surface area contributed by atoms with Gasteiger partial charge in [0.1, 0.15) is 5.54 Å². The Labute approximate surface area is 112 Å². The topological polar surface area (TPSA) is 40.5 Å². The van der Waals surface area contributed by atoms with Crippen LogP contribution in [0.15, 0.2) is 16.8 Å². The molecular formula is C14H21NO2S. The molecule has 0 saturated carbocycles. The summed E-state index contributed by atoms with van der Waals surface area (Å²) in [5, 5.41) is 13.7. The predicted octanol–water partition coefficient (Wildman–Crippen LogP) is 2.87. The van der Waals surface area contributed by atoms with Crippen molar-refractivity contribution in [3.8, 4) is 0 Å². The van der Waals surface area contributed by atoms with Gasteiger partial charge in [-0.05, 0) is 54.6 Å². The van der Waals surface area contributed by atoms with Crippen LogP contribution < -0.4 is 0 Å². The summed E-state index contributed by atoms with van der Waals surface area (Å²) in [6.45, 7) is 5.87. The molecule has 3 nitrogen and oxygen atoms in total. The SMILES string of the molecule is CC1CCCN(C(C)(Cc2ccsc2)C(=O)O)C1. The van der Waals surface area contributed by atoms with E-state index in [1.165, 1.54) is 6.42 Å². The molecule has 2 heterocycles. The molecule has 1 fully saturated rings. The molecule has 1 N–H and O–H groups in total. The molecule has 2 rings (SSSR count). The highest BCUT2D eigenvalue weighted by Crippen LogP contribution is 2.28. The summed E-state index contributed by atoms with van der Waals surface area (Å²) in [7, 11) is 0. The van der Waals surface area contributed by atoms with E-state index in [2.05, 4.69) is 17.2 Å². The minimum atomic E-state index is -0.768. The van der Waals surface area contributed by atoms with Crippen molar-refractivity contribution in [2.45, 2.75) is 38.6 Å². The number of piperidine rings is 1. The van der Waals surface area contributed by atoms with Crippen LogP contribution in [0.2, 0.25) is 0 Å². The molecule has 0 amide bonds. The summed E-state index contributed by atoms with van der Waals surface area (Å²) in [4.78, 5) is 13.9. The van der Waals surface area contributed by atoms with Crippen LogP contribution in [0, 0.1) is 5.92 Å². The molecule has 1 aromatic rings. The number of nitrogens with zero attached hydrogens (tertiary/aromatic N) is 1. The summed E-state index contributed by atoms with van der Waals surface area (Å²) in [5.74, 6) is -0.109. The Hall–Kier alpha value is -0.870. The molecule has 0 spiro atoms. The van der Waals surface area contributed by atoms with Crippen LogP contribution >= 0.6 is 11.3 Å². The number of hydrogen-bond acceptors (Lipinski definition) is 3. The number of aliphatic carboxylic acids is 1. The van der Waals surface area contributed by atoms with Crippen molar-refractivity contribution in [2.75, 3.05) is 13.1 Å². The molecule has 0 bridgehead atoms. The van der Waals surface area contributed by atoms with Crippen molar-refractivity contribution in [1.29, 1.82) is 0 Å². The Kier molecular flexibility index (Phi) is 4.07. The fraction of sp³-hybridized carbons (Fsp3) is 0.643. The second kappa shape index (κ2) is 5.41. The maximum atomic E-state index is 11.7. The molecule has 1 aliphatic heterocycles. The first-order valence-corrected chi connectivity index (χ1v) is 7.46. The highest BCUT2D eigenvalue weighted by Gasteiger charge is 2.41. The Morgan fingerprint density at radius 3 is 3.00 bits per heavy atom. The normalized spacial score (nSPS) is 24.7. The number of thiophene rings is 1. The van der Waals surface area contributed by atoms with Crippen molar-refractivity contribution in [3.05, 3.63) is 22.4 Å². The van der Waals surface area contributed by atoms with Crippen LogP contribution in [0.25, 0.3) is 0 Å². The Balaban J connectivity index is 2.17. The molecule has 0 aromatic carbocycles. The number of carboxylic acids is 1. The third-order valence-electron chi connectivity index (χ3n) is 3.94. The molecular weight excluding hydrogens is 246 g/mol. The average Bonchev–Trinajstić information content (AvgIpc) is 2.81. The van der Waals surface area contributed by atoms with E-state index in [0.29, 0.717) is 12.3 Å². The molecule has 100 valence electrons. The van der Waals surface area contributed by atoms with Gasteiger partial charge in [0.2, 0.25) is 0 Å². The van der Waals surface area contributed by atoms with Crippen molar-refractivity contribution in [1.82, 2.24) is 4.90 Å². The Bertz CT molecular complexity index is 404. The zero-order valence-corrected chi connectivity index (χ0v) is 11.9. The van der Waals surface area contributed by atoms with Gasteiger partial charge in [-0.3, -0.25) is 9.69 Å². The van der Waals surface area contributed by atoms with E-state index in [1.807, 2.05) is 18.4 Å². The lowest BCUT2D eigenvalue weighted by Crippen LogP contribution is -2.56. The zero-order valence-electron chi connectivity index (χ0n) is 11.1. The van der Waals surface area contributed by atoms with Crippen LogP contribution in [-0.2, 0) is 11.2 Å². The number of rotatable bonds is 4. The molecule has 1 aliphatic rings. The van der Waals surface area contributed by atoms with E-state index in [-0.39, 0.29) is 0 Å². The van der Waals surface area contributed by atoms with Crippen molar-refractivity contribution in [2.24, 2.45) is 5.92 Å². The van der Waals surface area contributed by atoms with Crippen LogP contribution in [0.4, 0.5) is 0 Å². The molecule has 0 radical (unpaired) electrons. The van der Waals surface area contributed by atoms with Gasteiger partial charge in [-0.1, -0.05) is 6.92 Å². The quantitative estimate of drug-likeness (QED) is 0.912. The zero-order chi connectivity index (χ0) is 13.2. The van der Waals surface area contributed by atoms with E-state index >= 15 is 0 Å². The fourth-order valence-corrected chi connectivity index (χ4v) is 3.42. The standard InChI is InChI=1S/C14H21NO2S/c1-11-4-3-6-15(9-11)14(2,13(16)17)8-12-5-7-18-10-12/h5,7,10-11H,3-4,6,8-9H2,1-2H3,(H,16,17). The average molecular weight is 267 g/mol. The van der Waals surface area contributed by atoms with E-state index in [0.717, 1.165) is 25.1 Å². The van der Waals surface area contributed by atoms with Gasteiger partial charge in [0, 0.05) is 13.0 Å². The van der Waals surface area contributed by atoms with Crippen LogP contribution in [-0.4, -0.2) is 34.6 Å². The van der Waals surface area contributed by atoms with Gasteiger partial charge in [-0.15, -0.1) is 0 Å². The maximum absolute atomic E-state index is 11.7. The molecule has 1 saturated heterocycles. The fourth-order valence-electron chi connectivity index (χ4n) is 2.75. The minimum Gasteiger partial charge on any atom is -0.480 e. The Morgan fingerprint density at radius 1 is 1.67 bits per heavy atom. The van der Waals surface area contributed by atoms with Gasteiger partial charge < -0.3 is 5.11 Å². The second-order valence-corrected chi connectivity index (χ2v) is 6.36. The summed E-state index contributed by atoms with van der Waals surface area (Å²) in [5.41, 5.74) is 0.360. The second-order valence-electron chi connectivity index (χ2n) is 5.58. The number of hydrogen-bond donors (Lipinski definition) is 1. The van der Waals surface area contributed by atoms with Crippen LogP contribution in [0.5, 0.6) is 0 Å². The monoisotopic (exact) mass is 267 g/mol. The first-order chi connectivity index (χ1) is 8.52. The predicted molar refractivity (Wildman–Crippen MR) is 74.0 cm³/mol. The molecule has 1 aromatic heterocycles. The molecule has 2 atom stereocenters. The lowest BCUT2D eigenvalue weighted by molar-refractivity contribution is -0.151. The lowest BCUT2D eigenvalue weighted by Gasteiger charge is -2.42. The van der Waals surface area contributed by atoms with Gasteiger partial charge in [0.05, 0.1) is 0 Å². The molecule has 0 aliphatic carbocycles. The molecule has 18 heavy (non-hydrogen) atoms. The van der Waals surface area contributed by atoms with E-state index in [9.17, 15) is 9.90 Å². The third-order valence-corrected chi connectivity index (χ3v) is 4.68. The van der Waals surface area contributed by atoms with Crippen molar-refractivity contribution >= 4 is 17.3 Å². The Morgan fingerprint density at radius 2 is 2.44 bits per heavy atom. The van der Waals surface area contributed by atoms with Crippen LogP contribution in [0.3, 0.4) is 0 Å². The highest BCUT2D eigenvalue weighted by atomic mass is 32.1. The maximum Gasteiger partial charge on any atom is 0.324 e. The van der Waals surface area contributed by atoms with Gasteiger partial charge in [-0.25, -0.2) is 0 Å². The van der Waals surface area contributed by atoms with Crippen molar-refractivity contribution in [3.63, 3.8) is 0 Å². The molecule has 2 unspecified atom stereocenters. The summed E-state index contributed by atoms with van der Waals surface area (Å²) >= 11 is 1.63. The summed E-state index contributed by atoms with van der Waals surface area (Å²) in [6.07, 6.45) is 2.91. The number of carboxylic acid groups (broad SMARTS) is 1. The van der Waals surface area contributed by atoms with E-state index in [4.69, 9.17) is 0 Å². The van der Waals surface area contributed by atoms with Crippen LogP contribution in [0.1, 0.15) is 32.3 Å². The molecule has 4 heteroatoms. The largest absolute Gasteiger partial charge is 0.480 e.